The largest absolute Gasteiger partial charge is 0.348 e. The molecule has 0 bridgehead atoms. The SMILES string of the molecule is CC(NC(=O)C1CC(=O)N(C)C1)c1ccc(Cl)s1. The number of carbonyl (C=O) groups is 2. The molecule has 1 saturated heterocycles. The molecule has 1 aliphatic rings. The molecule has 2 unspecified atom stereocenters. The Hall–Kier alpha value is -1.07. The normalized spacial score (nSPS) is 21.2. The van der Waals surface area contributed by atoms with Gasteiger partial charge in [-0.2, -0.15) is 0 Å². The maximum Gasteiger partial charge on any atom is 0.225 e. The van der Waals surface area contributed by atoms with Gasteiger partial charge in [-0.15, -0.1) is 11.3 Å². The Morgan fingerprint density at radius 1 is 1.61 bits per heavy atom. The van der Waals surface area contributed by atoms with Crippen molar-refractivity contribution in [3.8, 4) is 0 Å². The van der Waals surface area contributed by atoms with Crippen molar-refractivity contribution in [3.63, 3.8) is 0 Å². The predicted molar refractivity (Wildman–Crippen MR) is 71.6 cm³/mol. The Morgan fingerprint density at radius 3 is 2.83 bits per heavy atom. The highest BCUT2D eigenvalue weighted by Gasteiger charge is 2.32. The van der Waals surface area contributed by atoms with E-state index in [9.17, 15) is 9.59 Å². The summed E-state index contributed by atoms with van der Waals surface area (Å²) in [6, 6.07) is 3.65. The van der Waals surface area contributed by atoms with Crippen molar-refractivity contribution in [2.75, 3.05) is 13.6 Å². The molecule has 2 heterocycles. The number of nitrogens with one attached hydrogen (secondary N) is 1. The fourth-order valence-electron chi connectivity index (χ4n) is 2.00. The van der Waals surface area contributed by atoms with Gasteiger partial charge < -0.3 is 10.2 Å². The predicted octanol–water partition coefficient (Wildman–Crippen LogP) is 2.06. The molecule has 1 aliphatic heterocycles. The minimum Gasteiger partial charge on any atom is -0.348 e. The third-order valence-electron chi connectivity index (χ3n) is 3.09. The van der Waals surface area contributed by atoms with Crippen molar-refractivity contribution in [2.24, 2.45) is 5.92 Å². The fraction of sp³-hybridized carbons (Fsp3) is 0.500. The number of carbonyl (C=O) groups excluding carboxylic acids is 2. The molecule has 98 valence electrons. The van der Waals surface area contributed by atoms with Gasteiger partial charge in [0.15, 0.2) is 0 Å². The Kier molecular flexibility index (Phi) is 3.92. The molecule has 4 nitrogen and oxygen atoms in total. The van der Waals surface area contributed by atoms with E-state index in [2.05, 4.69) is 5.32 Å². The van der Waals surface area contributed by atoms with Crippen molar-refractivity contribution in [1.82, 2.24) is 10.2 Å². The molecule has 18 heavy (non-hydrogen) atoms. The number of hydrogen-bond donors (Lipinski definition) is 1. The zero-order valence-electron chi connectivity index (χ0n) is 10.3. The van der Waals surface area contributed by atoms with E-state index in [1.165, 1.54) is 11.3 Å². The second kappa shape index (κ2) is 5.28. The van der Waals surface area contributed by atoms with Crippen LogP contribution in [0.15, 0.2) is 12.1 Å². The fourth-order valence-corrected chi connectivity index (χ4v) is 3.07. The highest BCUT2D eigenvalue weighted by molar-refractivity contribution is 7.16. The van der Waals surface area contributed by atoms with Crippen LogP contribution in [0.3, 0.4) is 0 Å². The van der Waals surface area contributed by atoms with Crippen LogP contribution in [0.4, 0.5) is 0 Å². The third-order valence-corrected chi connectivity index (χ3v) is 4.51. The van der Waals surface area contributed by atoms with Crippen LogP contribution in [0.5, 0.6) is 0 Å². The van der Waals surface area contributed by atoms with Crippen LogP contribution in [-0.4, -0.2) is 30.3 Å². The lowest BCUT2D eigenvalue weighted by Gasteiger charge is -2.15. The molecule has 1 aromatic rings. The van der Waals surface area contributed by atoms with Crippen molar-refractivity contribution in [1.29, 1.82) is 0 Å². The molecule has 0 radical (unpaired) electrons. The number of likely N-dealkylation sites (tertiary alicyclic amines) is 1. The molecule has 6 heteroatoms. The average Bonchev–Trinajstić information content (AvgIpc) is 2.86. The number of halogens is 1. The van der Waals surface area contributed by atoms with Crippen LogP contribution in [0.2, 0.25) is 4.34 Å². The zero-order chi connectivity index (χ0) is 13.3. The minimum absolute atomic E-state index is 0.0296. The Labute approximate surface area is 115 Å². The lowest BCUT2D eigenvalue weighted by molar-refractivity contribution is -0.128. The first-order valence-corrected chi connectivity index (χ1v) is 6.96. The molecular weight excluding hydrogens is 272 g/mol. The van der Waals surface area contributed by atoms with Gasteiger partial charge in [0.1, 0.15) is 0 Å². The summed E-state index contributed by atoms with van der Waals surface area (Å²) in [4.78, 5) is 26.0. The molecule has 0 saturated carbocycles. The lowest BCUT2D eigenvalue weighted by atomic mass is 10.1. The molecule has 0 spiro atoms. The standard InChI is InChI=1S/C12H15ClN2O2S/c1-7(9-3-4-10(13)18-9)14-12(17)8-5-11(16)15(2)6-8/h3-4,7-8H,5-6H2,1-2H3,(H,14,17). The van der Waals surface area contributed by atoms with Gasteiger partial charge in [-0.3, -0.25) is 9.59 Å². The van der Waals surface area contributed by atoms with E-state index >= 15 is 0 Å². The van der Waals surface area contributed by atoms with E-state index in [-0.39, 0.29) is 23.8 Å². The molecule has 2 atom stereocenters. The highest BCUT2D eigenvalue weighted by Crippen LogP contribution is 2.27. The minimum atomic E-state index is -0.236. The maximum atomic E-state index is 12.0. The number of nitrogens with zero attached hydrogens (tertiary/aromatic N) is 1. The van der Waals surface area contributed by atoms with Crippen molar-refractivity contribution in [2.45, 2.75) is 19.4 Å². The molecule has 0 aromatic carbocycles. The molecule has 2 rings (SSSR count). The molecular formula is C12H15ClN2O2S. The summed E-state index contributed by atoms with van der Waals surface area (Å²) in [5, 5.41) is 2.93. The number of amides is 2. The summed E-state index contributed by atoms with van der Waals surface area (Å²) in [5.74, 6) is -0.271. The van der Waals surface area contributed by atoms with Gasteiger partial charge in [-0.1, -0.05) is 11.6 Å². The molecule has 0 aliphatic carbocycles. The maximum absolute atomic E-state index is 12.0. The van der Waals surface area contributed by atoms with Crippen molar-refractivity contribution >= 4 is 34.8 Å². The van der Waals surface area contributed by atoms with Crippen LogP contribution in [0.1, 0.15) is 24.3 Å². The van der Waals surface area contributed by atoms with E-state index in [1.807, 2.05) is 19.1 Å². The molecule has 1 aromatic heterocycles. The Balaban J connectivity index is 1.94. The summed E-state index contributed by atoms with van der Waals surface area (Å²) in [7, 11) is 1.72. The Bertz CT molecular complexity index is 474. The van der Waals surface area contributed by atoms with Gasteiger partial charge in [0.25, 0.3) is 0 Å². The van der Waals surface area contributed by atoms with E-state index in [0.717, 1.165) is 4.88 Å². The van der Waals surface area contributed by atoms with Gasteiger partial charge >= 0.3 is 0 Å². The van der Waals surface area contributed by atoms with Crippen LogP contribution in [-0.2, 0) is 9.59 Å². The van der Waals surface area contributed by atoms with Crippen LogP contribution in [0, 0.1) is 5.92 Å². The van der Waals surface area contributed by atoms with Crippen molar-refractivity contribution < 1.29 is 9.59 Å². The summed E-state index contributed by atoms with van der Waals surface area (Å²) in [5.41, 5.74) is 0. The zero-order valence-corrected chi connectivity index (χ0v) is 11.8. The molecule has 2 amide bonds. The monoisotopic (exact) mass is 286 g/mol. The van der Waals surface area contributed by atoms with Gasteiger partial charge in [0.2, 0.25) is 11.8 Å². The van der Waals surface area contributed by atoms with E-state index in [4.69, 9.17) is 11.6 Å². The van der Waals surface area contributed by atoms with Crippen LogP contribution < -0.4 is 5.32 Å². The number of rotatable bonds is 3. The average molecular weight is 287 g/mol. The smallest absolute Gasteiger partial charge is 0.225 e. The highest BCUT2D eigenvalue weighted by atomic mass is 35.5. The second-order valence-corrected chi connectivity index (χ2v) is 6.29. The quantitative estimate of drug-likeness (QED) is 0.925. The number of hydrogen-bond acceptors (Lipinski definition) is 3. The topological polar surface area (TPSA) is 49.4 Å². The summed E-state index contributed by atoms with van der Waals surface area (Å²) in [6.07, 6.45) is 0.306. The van der Waals surface area contributed by atoms with Crippen molar-refractivity contribution in [3.05, 3.63) is 21.3 Å². The third kappa shape index (κ3) is 2.84. The first-order valence-electron chi connectivity index (χ1n) is 5.77. The van der Waals surface area contributed by atoms with Gasteiger partial charge in [-0.05, 0) is 19.1 Å². The van der Waals surface area contributed by atoms with Gasteiger partial charge in [-0.25, -0.2) is 0 Å². The molecule has 1 fully saturated rings. The summed E-state index contributed by atoms with van der Waals surface area (Å²) in [6.45, 7) is 2.42. The number of thiophene rings is 1. The van der Waals surface area contributed by atoms with Crippen LogP contribution in [0.25, 0.3) is 0 Å². The summed E-state index contributed by atoms with van der Waals surface area (Å²) >= 11 is 7.32. The summed E-state index contributed by atoms with van der Waals surface area (Å²) < 4.78 is 0.710. The second-order valence-electron chi connectivity index (χ2n) is 4.55. The van der Waals surface area contributed by atoms with E-state index in [1.54, 1.807) is 11.9 Å². The lowest BCUT2D eigenvalue weighted by Crippen LogP contribution is -2.33. The molecule has 1 N–H and O–H groups in total. The van der Waals surface area contributed by atoms with E-state index < -0.39 is 0 Å². The van der Waals surface area contributed by atoms with E-state index in [0.29, 0.717) is 17.3 Å². The van der Waals surface area contributed by atoms with Gasteiger partial charge in [0.05, 0.1) is 16.3 Å². The van der Waals surface area contributed by atoms with Gasteiger partial charge in [0, 0.05) is 24.9 Å². The van der Waals surface area contributed by atoms with Crippen LogP contribution >= 0.6 is 22.9 Å². The first kappa shape index (κ1) is 13.4. The first-order chi connectivity index (χ1) is 8.47. The Morgan fingerprint density at radius 2 is 2.33 bits per heavy atom.